The van der Waals surface area contributed by atoms with E-state index in [4.69, 9.17) is 4.74 Å². The quantitative estimate of drug-likeness (QED) is 0.747. The van der Waals surface area contributed by atoms with Crippen LogP contribution in [-0.4, -0.2) is 5.97 Å². The number of hydrogen-bond donors (Lipinski definition) is 0. The molecule has 1 aliphatic heterocycles. The molecule has 0 bridgehead atoms. The number of ether oxygens (including phenoxy) is 1. The summed E-state index contributed by atoms with van der Waals surface area (Å²) in [5.41, 5.74) is 2.02. The van der Waals surface area contributed by atoms with Crippen LogP contribution in [0.2, 0.25) is 0 Å². The van der Waals surface area contributed by atoms with Crippen LogP contribution in [-0.2, 0) is 9.53 Å². The molecule has 1 heterocycles. The Morgan fingerprint density at radius 3 is 2.11 bits per heavy atom. The van der Waals surface area contributed by atoms with Crippen molar-refractivity contribution < 1.29 is 9.53 Å². The maximum absolute atomic E-state index is 11.6. The zero-order chi connectivity index (χ0) is 12.4. The van der Waals surface area contributed by atoms with Crippen LogP contribution in [0.15, 0.2) is 66.4 Å². The van der Waals surface area contributed by atoms with Gasteiger partial charge in [-0.3, -0.25) is 4.79 Å². The second kappa shape index (κ2) is 4.49. The third-order valence-electron chi connectivity index (χ3n) is 2.98. The first-order chi connectivity index (χ1) is 8.84. The summed E-state index contributed by atoms with van der Waals surface area (Å²) in [5.74, 6) is 0.298. The van der Waals surface area contributed by atoms with Crippen LogP contribution in [0.1, 0.15) is 17.0 Å². The van der Waals surface area contributed by atoms with Crippen LogP contribution in [0.3, 0.4) is 0 Å². The van der Waals surface area contributed by atoms with Crippen molar-refractivity contribution in [2.45, 2.75) is 5.92 Å². The fourth-order valence-corrected chi connectivity index (χ4v) is 2.06. The fourth-order valence-electron chi connectivity index (χ4n) is 2.06. The predicted octanol–water partition coefficient (Wildman–Crippen LogP) is 3.37. The van der Waals surface area contributed by atoms with E-state index < -0.39 is 0 Å². The van der Waals surface area contributed by atoms with Crippen LogP contribution >= 0.6 is 0 Å². The minimum atomic E-state index is -0.244. The molecule has 0 amide bonds. The van der Waals surface area contributed by atoms with Gasteiger partial charge in [0.1, 0.15) is 11.7 Å². The summed E-state index contributed by atoms with van der Waals surface area (Å²) >= 11 is 0. The summed E-state index contributed by atoms with van der Waals surface area (Å²) in [6.07, 6.45) is 1.92. The largest absolute Gasteiger partial charge is 0.429 e. The molecule has 2 heteroatoms. The lowest BCUT2D eigenvalue weighted by Gasteiger charge is -2.28. The number of rotatable bonds is 2. The lowest BCUT2D eigenvalue weighted by Crippen LogP contribution is -2.30. The molecular weight excluding hydrogens is 224 g/mol. The Hall–Kier alpha value is -2.35. The van der Waals surface area contributed by atoms with Gasteiger partial charge in [-0.25, -0.2) is 0 Å². The summed E-state index contributed by atoms with van der Waals surface area (Å²) < 4.78 is 5.13. The molecule has 18 heavy (non-hydrogen) atoms. The normalized spacial score (nSPS) is 20.3. The van der Waals surface area contributed by atoms with Gasteiger partial charge in [-0.15, -0.1) is 0 Å². The topological polar surface area (TPSA) is 26.3 Å². The number of carbonyl (C=O) groups excluding carboxylic acids is 1. The zero-order valence-corrected chi connectivity index (χ0v) is 9.74. The summed E-state index contributed by atoms with van der Waals surface area (Å²) in [5, 5.41) is 0. The van der Waals surface area contributed by atoms with Crippen molar-refractivity contribution in [2.75, 3.05) is 0 Å². The molecule has 0 spiro atoms. The Labute approximate surface area is 106 Å². The SMILES string of the molecule is O=C1O/C(=C/c2ccccc2)C1c1ccccc1. The van der Waals surface area contributed by atoms with Gasteiger partial charge < -0.3 is 4.74 Å². The minimum Gasteiger partial charge on any atom is -0.429 e. The van der Waals surface area contributed by atoms with Crippen molar-refractivity contribution in [1.29, 1.82) is 0 Å². The maximum Gasteiger partial charge on any atom is 0.326 e. The Balaban J connectivity index is 1.91. The molecule has 1 fully saturated rings. The molecule has 0 aliphatic carbocycles. The maximum atomic E-state index is 11.6. The van der Waals surface area contributed by atoms with Crippen LogP contribution in [0.5, 0.6) is 0 Å². The van der Waals surface area contributed by atoms with Gasteiger partial charge in [-0.1, -0.05) is 60.7 Å². The highest BCUT2D eigenvalue weighted by Gasteiger charge is 2.38. The van der Waals surface area contributed by atoms with E-state index in [-0.39, 0.29) is 11.9 Å². The van der Waals surface area contributed by atoms with Crippen molar-refractivity contribution >= 4 is 12.0 Å². The van der Waals surface area contributed by atoms with Crippen LogP contribution in [0, 0.1) is 0 Å². The zero-order valence-electron chi connectivity index (χ0n) is 9.74. The number of cyclic esters (lactones) is 1. The lowest BCUT2D eigenvalue weighted by atomic mass is 9.92. The molecular formula is C16H12O2. The van der Waals surface area contributed by atoms with Gasteiger partial charge in [0.25, 0.3) is 0 Å². The Morgan fingerprint density at radius 2 is 1.50 bits per heavy atom. The van der Waals surface area contributed by atoms with E-state index in [1.165, 1.54) is 0 Å². The third kappa shape index (κ3) is 1.93. The summed E-state index contributed by atoms with van der Waals surface area (Å²) in [7, 11) is 0. The first-order valence-corrected chi connectivity index (χ1v) is 5.88. The molecule has 3 rings (SSSR count). The summed E-state index contributed by atoms with van der Waals surface area (Å²) in [4.78, 5) is 11.6. The minimum absolute atomic E-state index is 0.177. The van der Waals surface area contributed by atoms with E-state index in [1.807, 2.05) is 66.7 Å². The van der Waals surface area contributed by atoms with Gasteiger partial charge in [-0.05, 0) is 17.2 Å². The molecule has 88 valence electrons. The van der Waals surface area contributed by atoms with Crippen LogP contribution in [0.4, 0.5) is 0 Å². The van der Waals surface area contributed by atoms with Crippen molar-refractivity contribution in [3.05, 3.63) is 77.5 Å². The number of benzene rings is 2. The van der Waals surface area contributed by atoms with E-state index in [2.05, 4.69) is 0 Å². The molecule has 1 saturated heterocycles. The van der Waals surface area contributed by atoms with E-state index in [0.717, 1.165) is 16.9 Å². The number of carbonyl (C=O) groups is 1. The fraction of sp³-hybridized carbons (Fsp3) is 0.0625. The molecule has 0 radical (unpaired) electrons. The highest BCUT2D eigenvalue weighted by atomic mass is 16.6. The molecule has 2 aromatic rings. The van der Waals surface area contributed by atoms with Gasteiger partial charge in [0.15, 0.2) is 0 Å². The van der Waals surface area contributed by atoms with E-state index in [1.54, 1.807) is 0 Å². The Kier molecular flexibility index (Phi) is 2.69. The van der Waals surface area contributed by atoms with Gasteiger partial charge in [0.2, 0.25) is 0 Å². The average Bonchev–Trinajstić information content (AvgIpc) is 2.40. The van der Waals surface area contributed by atoms with Crippen LogP contribution in [0.25, 0.3) is 6.08 Å². The Bertz CT molecular complexity index is 585. The highest BCUT2D eigenvalue weighted by molar-refractivity contribution is 5.91. The smallest absolute Gasteiger partial charge is 0.326 e. The van der Waals surface area contributed by atoms with Crippen LogP contribution < -0.4 is 0 Å². The molecule has 1 atom stereocenters. The average molecular weight is 236 g/mol. The monoisotopic (exact) mass is 236 g/mol. The van der Waals surface area contributed by atoms with E-state index in [9.17, 15) is 4.79 Å². The standard InChI is InChI=1S/C16H12O2/c17-16-15(13-9-5-2-6-10-13)14(18-16)11-12-7-3-1-4-8-12/h1-11,15H/b14-11+. The summed E-state index contributed by atoms with van der Waals surface area (Å²) in [6, 6.07) is 19.6. The highest BCUT2D eigenvalue weighted by Crippen LogP contribution is 2.37. The van der Waals surface area contributed by atoms with Gasteiger partial charge >= 0.3 is 5.97 Å². The molecule has 1 aliphatic rings. The second-order valence-electron chi connectivity index (χ2n) is 4.22. The van der Waals surface area contributed by atoms with Crippen molar-refractivity contribution in [1.82, 2.24) is 0 Å². The molecule has 2 aromatic carbocycles. The first-order valence-electron chi connectivity index (χ1n) is 5.88. The summed E-state index contributed by atoms with van der Waals surface area (Å²) in [6.45, 7) is 0. The van der Waals surface area contributed by atoms with E-state index >= 15 is 0 Å². The lowest BCUT2D eigenvalue weighted by molar-refractivity contribution is -0.151. The molecule has 1 unspecified atom stereocenters. The number of hydrogen-bond acceptors (Lipinski definition) is 2. The first kappa shape index (κ1) is 10.8. The number of esters is 1. The van der Waals surface area contributed by atoms with Gasteiger partial charge in [0, 0.05) is 0 Å². The predicted molar refractivity (Wildman–Crippen MR) is 69.7 cm³/mol. The second-order valence-corrected chi connectivity index (χ2v) is 4.22. The van der Waals surface area contributed by atoms with Gasteiger partial charge in [0.05, 0.1) is 0 Å². The third-order valence-corrected chi connectivity index (χ3v) is 2.98. The van der Waals surface area contributed by atoms with Crippen molar-refractivity contribution in [3.8, 4) is 0 Å². The molecule has 2 nitrogen and oxygen atoms in total. The Morgan fingerprint density at radius 1 is 0.889 bits per heavy atom. The van der Waals surface area contributed by atoms with E-state index in [0.29, 0.717) is 0 Å². The molecule has 0 N–H and O–H groups in total. The van der Waals surface area contributed by atoms with Crippen molar-refractivity contribution in [2.24, 2.45) is 0 Å². The van der Waals surface area contributed by atoms with Crippen molar-refractivity contribution in [3.63, 3.8) is 0 Å². The van der Waals surface area contributed by atoms with Gasteiger partial charge in [-0.2, -0.15) is 0 Å². The molecule has 0 aromatic heterocycles. The molecule has 0 saturated carbocycles.